The highest BCUT2D eigenvalue weighted by Crippen LogP contribution is 2.58. The van der Waals surface area contributed by atoms with Crippen LogP contribution in [0, 0.1) is 0 Å². The highest BCUT2D eigenvalue weighted by Gasteiger charge is 2.62. The SMILES string of the molecule is CC(C)(C)ON1CCC(=C=O)[C@H]1c1ncc(-c2ccc3c(c2)C(F)(F)C(F)(F)c2cc(Br)ccc2-3)[nH]1. The summed E-state index contributed by atoms with van der Waals surface area (Å²) in [5.41, 5.74) is -0.844. The fourth-order valence-electron chi connectivity index (χ4n) is 4.71. The van der Waals surface area contributed by atoms with Crippen molar-refractivity contribution < 1.29 is 27.2 Å². The van der Waals surface area contributed by atoms with E-state index >= 15 is 8.78 Å². The number of aromatic amines is 1. The number of H-pyrrole nitrogens is 1. The standard InChI is InChI=1S/C26H22BrF4N3O2/c1-24(2,3)36-34-9-8-15(13-35)22(34)23-32-12-21(33-23)14-4-6-17-18-7-5-16(27)11-20(18)26(30,31)25(28,29)19(17)10-14/h4-7,10-12,22H,8-9H2,1-3H3,(H,32,33)/t22-/m0/s1. The highest BCUT2D eigenvalue weighted by molar-refractivity contribution is 9.10. The number of rotatable bonds is 3. The largest absolute Gasteiger partial charge is 0.340 e. The van der Waals surface area contributed by atoms with Crippen LogP contribution < -0.4 is 0 Å². The maximum atomic E-state index is 15.2. The van der Waals surface area contributed by atoms with Gasteiger partial charge in [0.1, 0.15) is 17.8 Å². The molecule has 1 N–H and O–H groups in total. The van der Waals surface area contributed by atoms with Crippen molar-refractivity contribution in [2.24, 2.45) is 0 Å². The minimum absolute atomic E-state index is 0.0450. The van der Waals surface area contributed by atoms with Crippen LogP contribution in [0.3, 0.4) is 0 Å². The number of nitrogens with one attached hydrogen (secondary N) is 1. The predicted octanol–water partition coefficient (Wildman–Crippen LogP) is 6.94. The summed E-state index contributed by atoms with van der Waals surface area (Å²) in [4.78, 5) is 24.9. The number of hydroxylamine groups is 2. The Morgan fingerprint density at radius 2 is 1.72 bits per heavy atom. The molecule has 36 heavy (non-hydrogen) atoms. The number of alkyl halides is 4. The topological polar surface area (TPSA) is 58.2 Å². The molecule has 2 aliphatic rings. The molecule has 0 unspecified atom stereocenters. The summed E-state index contributed by atoms with van der Waals surface area (Å²) in [5.74, 6) is -6.50. The van der Waals surface area contributed by atoms with Crippen LogP contribution in [-0.2, 0) is 21.5 Å². The lowest BCUT2D eigenvalue weighted by molar-refractivity contribution is -0.235. The van der Waals surface area contributed by atoms with Gasteiger partial charge in [0.2, 0.25) is 0 Å². The first kappa shape index (κ1) is 24.9. The van der Waals surface area contributed by atoms with Gasteiger partial charge in [-0.2, -0.15) is 22.6 Å². The van der Waals surface area contributed by atoms with Gasteiger partial charge in [0.25, 0.3) is 0 Å². The molecule has 1 fully saturated rings. The second-order valence-electron chi connectivity index (χ2n) is 9.91. The second-order valence-corrected chi connectivity index (χ2v) is 10.8. The molecular formula is C26H22BrF4N3O2. The average molecular weight is 564 g/mol. The summed E-state index contributed by atoms with van der Waals surface area (Å²) in [5, 5.41) is 1.64. The first-order valence-electron chi connectivity index (χ1n) is 11.3. The van der Waals surface area contributed by atoms with Crippen molar-refractivity contribution in [3.8, 4) is 22.4 Å². The Kier molecular flexibility index (Phi) is 5.79. The number of imidazole rings is 1. The van der Waals surface area contributed by atoms with Crippen LogP contribution in [0.25, 0.3) is 22.4 Å². The van der Waals surface area contributed by atoms with Crippen molar-refractivity contribution in [2.75, 3.05) is 6.54 Å². The quantitative estimate of drug-likeness (QED) is 0.277. The number of aromatic nitrogens is 2. The van der Waals surface area contributed by atoms with Gasteiger partial charge in [0, 0.05) is 33.3 Å². The molecule has 0 amide bonds. The molecule has 1 aliphatic carbocycles. The zero-order valence-corrected chi connectivity index (χ0v) is 21.2. The lowest BCUT2D eigenvalue weighted by Crippen LogP contribution is -2.39. The molecule has 0 spiro atoms. The number of nitrogens with zero attached hydrogens (tertiary/aromatic N) is 2. The van der Waals surface area contributed by atoms with E-state index in [9.17, 15) is 13.6 Å². The van der Waals surface area contributed by atoms with Gasteiger partial charge in [0.05, 0.1) is 17.5 Å². The Balaban J connectivity index is 1.56. The fourth-order valence-corrected chi connectivity index (χ4v) is 5.07. The van der Waals surface area contributed by atoms with E-state index < -0.39 is 34.6 Å². The number of carbonyl (C=O) groups excluding carboxylic acids is 1. The van der Waals surface area contributed by atoms with Gasteiger partial charge in [-0.3, -0.25) is 4.84 Å². The average Bonchev–Trinajstić information content (AvgIpc) is 3.43. The summed E-state index contributed by atoms with van der Waals surface area (Å²) >= 11 is 3.09. The van der Waals surface area contributed by atoms with E-state index in [1.165, 1.54) is 18.3 Å². The molecule has 1 saturated heterocycles. The van der Waals surface area contributed by atoms with Crippen LogP contribution in [-0.4, -0.2) is 33.1 Å². The Morgan fingerprint density at radius 3 is 2.36 bits per heavy atom. The van der Waals surface area contributed by atoms with Crippen molar-refractivity contribution in [3.63, 3.8) is 0 Å². The maximum Gasteiger partial charge on any atom is 0.340 e. The Hall–Kier alpha value is -2.78. The van der Waals surface area contributed by atoms with E-state index in [0.717, 1.165) is 12.1 Å². The van der Waals surface area contributed by atoms with E-state index in [1.807, 2.05) is 26.7 Å². The van der Waals surface area contributed by atoms with Crippen LogP contribution in [0.2, 0.25) is 0 Å². The minimum Gasteiger partial charge on any atom is -0.340 e. The van der Waals surface area contributed by atoms with Gasteiger partial charge in [-0.05, 0) is 56.5 Å². The summed E-state index contributed by atoms with van der Waals surface area (Å²) in [6, 6.07) is 7.43. The summed E-state index contributed by atoms with van der Waals surface area (Å²) in [6.45, 7) is 6.08. The van der Waals surface area contributed by atoms with Gasteiger partial charge in [0.15, 0.2) is 0 Å². The van der Waals surface area contributed by atoms with Crippen LogP contribution in [0.4, 0.5) is 17.6 Å². The van der Waals surface area contributed by atoms with Gasteiger partial charge < -0.3 is 4.98 Å². The van der Waals surface area contributed by atoms with E-state index in [-0.39, 0.29) is 16.7 Å². The van der Waals surface area contributed by atoms with Gasteiger partial charge in [-0.25, -0.2) is 9.78 Å². The molecule has 2 heterocycles. The van der Waals surface area contributed by atoms with Crippen LogP contribution >= 0.6 is 15.9 Å². The zero-order valence-electron chi connectivity index (χ0n) is 19.6. The zero-order chi connectivity index (χ0) is 26.0. The molecule has 0 radical (unpaired) electrons. The summed E-state index contributed by atoms with van der Waals surface area (Å²) in [6.07, 6.45) is 1.87. The maximum absolute atomic E-state index is 15.2. The predicted molar refractivity (Wildman–Crippen MR) is 129 cm³/mol. The number of benzene rings is 2. The summed E-state index contributed by atoms with van der Waals surface area (Å²) < 4.78 is 60.6. The first-order chi connectivity index (χ1) is 16.8. The summed E-state index contributed by atoms with van der Waals surface area (Å²) in [7, 11) is 0. The Morgan fingerprint density at radius 1 is 1.08 bits per heavy atom. The van der Waals surface area contributed by atoms with Crippen molar-refractivity contribution in [3.05, 3.63) is 69.6 Å². The van der Waals surface area contributed by atoms with Crippen LogP contribution in [0.5, 0.6) is 0 Å². The minimum atomic E-state index is -4.43. The third kappa shape index (κ3) is 3.93. The Bertz CT molecular complexity index is 1410. The molecule has 2 aromatic carbocycles. The van der Waals surface area contributed by atoms with Gasteiger partial charge >= 0.3 is 11.8 Å². The molecule has 0 saturated carbocycles. The third-order valence-corrected chi connectivity index (χ3v) is 6.76. The second kappa shape index (κ2) is 8.38. The van der Waals surface area contributed by atoms with Gasteiger partial charge in [-0.1, -0.05) is 34.1 Å². The molecule has 0 bridgehead atoms. The normalized spacial score (nSPS) is 20.7. The first-order valence-corrected chi connectivity index (χ1v) is 12.1. The molecular weight excluding hydrogens is 542 g/mol. The molecule has 10 heteroatoms. The van der Waals surface area contributed by atoms with E-state index in [2.05, 4.69) is 25.9 Å². The fraction of sp³-hybridized carbons (Fsp3) is 0.346. The molecule has 188 valence electrons. The highest BCUT2D eigenvalue weighted by atomic mass is 79.9. The molecule has 1 atom stereocenters. The molecule has 5 rings (SSSR count). The number of hydrogen-bond donors (Lipinski definition) is 1. The van der Waals surface area contributed by atoms with Crippen LogP contribution in [0.1, 0.15) is 50.2 Å². The van der Waals surface area contributed by atoms with E-state index in [0.29, 0.717) is 34.5 Å². The molecule has 5 nitrogen and oxygen atoms in total. The number of halogens is 5. The smallest absolute Gasteiger partial charge is 0.340 e. The Labute approximate surface area is 213 Å². The van der Waals surface area contributed by atoms with Crippen molar-refractivity contribution in [1.29, 1.82) is 0 Å². The monoisotopic (exact) mass is 563 g/mol. The van der Waals surface area contributed by atoms with E-state index in [1.54, 1.807) is 17.2 Å². The van der Waals surface area contributed by atoms with Crippen LogP contribution in [0.15, 0.2) is 52.6 Å². The number of hydrogen-bond acceptors (Lipinski definition) is 4. The van der Waals surface area contributed by atoms with Crippen molar-refractivity contribution in [2.45, 2.75) is 50.7 Å². The number of fused-ring (bicyclic) bond motifs is 3. The van der Waals surface area contributed by atoms with Gasteiger partial charge in [-0.15, -0.1) is 0 Å². The molecule has 1 aromatic heterocycles. The van der Waals surface area contributed by atoms with E-state index in [4.69, 9.17) is 4.84 Å². The van der Waals surface area contributed by atoms with Crippen molar-refractivity contribution in [1.82, 2.24) is 15.0 Å². The lowest BCUT2D eigenvalue weighted by atomic mass is 9.80. The third-order valence-electron chi connectivity index (χ3n) is 6.27. The molecule has 1 aliphatic heterocycles. The van der Waals surface area contributed by atoms with Crippen molar-refractivity contribution >= 4 is 21.9 Å². The lowest BCUT2D eigenvalue weighted by Gasteiger charge is -2.35. The molecule has 3 aromatic rings.